The first-order valence-electron chi connectivity index (χ1n) is 6.50. The molecule has 3 rings (SSSR count). The fraction of sp³-hybridized carbons (Fsp3) is 0.417. The molecule has 106 valence electrons. The molecule has 1 saturated heterocycles. The lowest BCUT2D eigenvalue weighted by atomic mass is 10.1. The average molecular weight is 292 g/mol. The standard InChI is InChI=1S/C12H16N6OS/c1-2-8-10(19)14-4-5-18(8)9-7-3-6-20-11(7)16-12(15-9)17-13/h3,6,8H,2,4-5,13H2,1H3,(H,14,19)(H,15,16,17). The van der Waals surface area contributed by atoms with Crippen molar-refractivity contribution in [3.05, 3.63) is 11.4 Å². The number of thiophene rings is 1. The molecule has 20 heavy (non-hydrogen) atoms. The van der Waals surface area contributed by atoms with Gasteiger partial charge >= 0.3 is 0 Å². The molecule has 0 saturated carbocycles. The first-order chi connectivity index (χ1) is 9.74. The normalized spacial score (nSPS) is 19.2. The van der Waals surface area contributed by atoms with Gasteiger partial charge in [0.2, 0.25) is 11.9 Å². The van der Waals surface area contributed by atoms with Gasteiger partial charge in [-0.15, -0.1) is 11.3 Å². The van der Waals surface area contributed by atoms with Crippen molar-refractivity contribution < 1.29 is 4.79 Å². The van der Waals surface area contributed by atoms with Crippen LogP contribution in [0.25, 0.3) is 10.2 Å². The number of nitrogens with two attached hydrogens (primary N) is 1. The number of fused-ring (bicyclic) bond motifs is 1. The third-order valence-electron chi connectivity index (χ3n) is 3.42. The minimum absolute atomic E-state index is 0.0444. The van der Waals surface area contributed by atoms with Crippen molar-refractivity contribution in [3.63, 3.8) is 0 Å². The van der Waals surface area contributed by atoms with E-state index in [-0.39, 0.29) is 11.9 Å². The van der Waals surface area contributed by atoms with Gasteiger partial charge in [0.15, 0.2) is 0 Å². The Morgan fingerprint density at radius 2 is 2.45 bits per heavy atom. The maximum Gasteiger partial charge on any atom is 0.242 e. The number of nitrogens with one attached hydrogen (secondary N) is 2. The third kappa shape index (κ3) is 2.06. The van der Waals surface area contributed by atoms with Crippen molar-refractivity contribution in [1.29, 1.82) is 0 Å². The molecule has 3 heterocycles. The van der Waals surface area contributed by atoms with E-state index in [0.717, 1.165) is 29.0 Å². The molecule has 1 aliphatic rings. The Labute approximate surface area is 120 Å². The van der Waals surface area contributed by atoms with Gasteiger partial charge in [0, 0.05) is 13.1 Å². The minimum atomic E-state index is -0.202. The van der Waals surface area contributed by atoms with Crippen LogP contribution in [0.15, 0.2) is 11.4 Å². The number of anilines is 2. The molecule has 1 atom stereocenters. The summed E-state index contributed by atoms with van der Waals surface area (Å²) in [6, 6.07) is 1.78. The third-order valence-corrected chi connectivity index (χ3v) is 4.23. The summed E-state index contributed by atoms with van der Waals surface area (Å²) in [7, 11) is 0. The second kappa shape index (κ2) is 5.22. The van der Waals surface area contributed by atoms with E-state index in [0.29, 0.717) is 12.5 Å². The van der Waals surface area contributed by atoms with Crippen LogP contribution >= 0.6 is 11.3 Å². The Bertz CT molecular complexity index is 642. The maximum atomic E-state index is 12.0. The molecule has 1 aliphatic heterocycles. The summed E-state index contributed by atoms with van der Waals surface area (Å²) in [6.07, 6.45) is 0.729. The molecule has 0 spiro atoms. The Morgan fingerprint density at radius 1 is 1.60 bits per heavy atom. The summed E-state index contributed by atoms with van der Waals surface area (Å²) >= 11 is 1.53. The molecule has 0 bridgehead atoms. The van der Waals surface area contributed by atoms with E-state index in [1.165, 1.54) is 11.3 Å². The van der Waals surface area contributed by atoms with Crippen molar-refractivity contribution in [2.24, 2.45) is 5.84 Å². The molecular weight excluding hydrogens is 276 g/mol. The summed E-state index contributed by atoms with van der Waals surface area (Å²) in [5, 5.41) is 5.82. The fourth-order valence-corrected chi connectivity index (χ4v) is 3.26. The number of nitrogen functional groups attached to an aromatic ring is 1. The second-order valence-electron chi connectivity index (χ2n) is 4.56. The van der Waals surface area contributed by atoms with E-state index in [1.54, 1.807) is 0 Å². The highest BCUT2D eigenvalue weighted by Crippen LogP contribution is 2.31. The number of rotatable bonds is 3. The molecule has 2 aromatic rings. The Balaban J connectivity index is 2.11. The van der Waals surface area contributed by atoms with Crippen LogP contribution in [0.2, 0.25) is 0 Å². The van der Waals surface area contributed by atoms with Gasteiger partial charge in [0.25, 0.3) is 0 Å². The number of nitrogens with zero attached hydrogens (tertiary/aromatic N) is 3. The zero-order valence-electron chi connectivity index (χ0n) is 11.1. The molecule has 0 aliphatic carbocycles. The molecule has 1 unspecified atom stereocenters. The van der Waals surface area contributed by atoms with E-state index in [2.05, 4.69) is 20.7 Å². The highest BCUT2D eigenvalue weighted by Gasteiger charge is 2.30. The fourth-order valence-electron chi connectivity index (χ4n) is 2.50. The van der Waals surface area contributed by atoms with Crippen molar-refractivity contribution in [2.75, 3.05) is 23.4 Å². The highest BCUT2D eigenvalue weighted by molar-refractivity contribution is 7.16. The number of hydrogen-bond acceptors (Lipinski definition) is 7. The smallest absolute Gasteiger partial charge is 0.242 e. The van der Waals surface area contributed by atoms with Gasteiger partial charge in [0.1, 0.15) is 16.7 Å². The number of aromatic nitrogens is 2. The zero-order valence-corrected chi connectivity index (χ0v) is 11.9. The summed E-state index contributed by atoms with van der Waals surface area (Å²) < 4.78 is 0. The van der Waals surface area contributed by atoms with Crippen molar-refractivity contribution in [3.8, 4) is 0 Å². The van der Waals surface area contributed by atoms with E-state index in [1.807, 2.05) is 23.3 Å². The Kier molecular flexibility index (Phi) is 3.41. The lowest BCUT2D eigenvalue weighted by Crippen LogP contribution is -2.55. The number of carbonyl (C=O) groups excluding carboxylic acids is 1. The monoisotopic (exact) mass is 292 g/mol. The van der Waals surface area contributed by atoms with Gasteiger partial charge in [-0.2, -0.15) is 4.98 Å². The SMILES string of the molecule is CCC1C(=O)NCCN1c1nc(NN)nc2sccc12. The first-order valence-corrected chi connectivity index (χ1v) is 7.38. The predicted octanol–water partition coefficient (Wildman–Crippen LogP) is 0.692. The second-order valence-corrected chi connectivity index (χ2v) is 5.46. The molecule has 7 nitrogen and oxygen atoms in total. The van der Waals surface area contributed by atoms with Crippen LogP contribution in [0, 0.1) is 0 Å². The van der Waals surface area contributed by atoms with Gasteiger partial charge in [-0.05, 0) is 17.9 Å². The van der Waals surface area contributed by atoms with Crippen LogP contribution in [0.3, 0.4) is 0 Å². The van der Waals surface area contributed by atoms with E-state index in [9.17, 15) is 4.79 Å². The molecule has 8 heteroatoms. The minimum Gasteiger partial charge on any atom is -0.353 e. The lowest BCUT2D eigenvalue weighted by Gasteiger charge is -2.35. The number of carbonyl (C=O) groups is 1. The van der Waals surface area contributed by atoms with Crippen molar-refractivity contribution in [2.45, 2.75) is 19.4 Å². The Hall–Kier alpha value is -1.93. The molecule has 2 aromatic heterocycles. The van der Waals surface area contributed by atoms with Crippen LogP contribution in [-0.4, -0.2) is 35.0 Å². The van der Waals surface area contributed by atoms with Crippen molar-refractivity contribution >= 4 is 39.2 Å². The quantitative estimate of drug-likeness (QED) is 0.569. The van der Waals surface area contributed by atoms with Gasteiger partial charge in [-0.1, -0.05) is 6.92 Å². The van der Waals surface area contributed by atoms with Gasteiger partial charge in [-0.3, -0.25) is 10.2 Å². The number of amides is 1. The summed E-state index contributed by atoms with van der Waals surface area (Å²) in [5.74, 6) is 6.62. The number of hydrogen-bond donors (Lipinski definition) is 3. The molecule has 4 N–H and O–H groups in total. The lowest BCUT2D eigenvalue weighted by molar-refractivity contribution is -0.123. The van der Waals surface area contributed by atoms with Gasteiger partial charge in [0.05, 0.1) is 5.39 Å². The first kappa shape index (κ1) is 13.1. The molecule has 1 amide bonds. The average Bonchev–Trinajstić information content (AvgIpc) is 2.94. The van der Waals surface area contributed by atoms with E-state index < -0.39 is 0 Å². The molecule has 0 radical (unpaired) electrons. The Morgan fingerprint density at radius 3 is 3.20 bits per heavy atom. The summed E-state index contributed by atoms with van der Waals surface area (Å²) in [6.45, 7) is 3.35. The summed E-state index contributed by atoms with van der Waals surface area (Å²) in [5.41, 5.74) is 2.49. The molecule has 1 fully saturated rings. The number of piperazine rings is 1. The highest BCUT2D eigenvalue weighted by atomic mass is 32.1. The van der Waals surface area contributed by atoms with E-state index in [4.69, 9.17) is 5.84 Å². The number of hydrazine groups is 1. The van der Waals surface area contributed by atoms with Crippen LogP contribution in [-0.2, 0) is 4.79 Å². The van der Waals surface area contributed by atoms with Crippen LogP contribution in [0.5, 0.6) is 0 Å². The van der Waals surface area contributed by atoms with Gasteiger partial charge < -0.3 is 10.2 Å². The topological polar surface area (TPSA) is 96.2 Å². The summed E-state index contributed by atoms with van der Waals surface area (Å²) in [4.78, 5) is 23.7. The zero-order chi connectivity index (χ0) is 14.1. The van der Waals surface area contributed by atoms with Crippen LogP contribution in [0.4, 0.5) is 11.8 Å². The maximum absolute atomic E-state index is 12.0. The van der Waals surface area contributed by atoms with Crippen LogP contribution < -0.4 is 21.5 Å². The largest absolute Gasteiger partial charge is 0.353 e. The van der Waals surface area contributed by atoms with Crippen molar-refractivity contribution in [1.82, 2.24) is 15.3 Å². The van der Waals surface area contributed by atoms with E-state index >= 15 is 0 Å². The molecular formula is C12H16N6OS. The van der Waals surface area contributed by atoms with Gasteiger partial charge in [-0.25, -0.2) is 10.8 Å². The predicted molar refractivity (Wildman–Crippen MR) is 79.7 cm³/mol. The molecule has 0 aromatic carbocycles. The van der Waals surface area contributed by atoms with Crippen LogP contribution in [0.1, 0.15) is 13.3 Å².